The number of anilines is 3. The molecule has 0 unspecified atom stereocenters. The van der Waals surface area contributed by atoms with Crippen molar-refractivity contribution in [2.75, 3.05) is 17.2 Å². The number of nitrogen functional groups attached to an aromatic ring is 1. The molecule has 0 radical (unpaired) electrons. The van der Waals surface area contributed by atoms with Gasteiger partial charge in [0.1, 0.15) is 5.82 Å². The van der Waals surface area contributed by atoms with Crippen molar-refractivity contribution >= 4 is 17.1 Å². The van der Waals surface area contributed by atoms with Crippen LogP contribution in [-0.2, 0) is 0 Å². The first-order valence-electron chi connectivity index (χ1n) is 5.97. The summed E-state index contributed by atoms with van der Waals surface area (Å²) in [5, 5.41) is 8.75. The van der Waals surface area contributed by atoms with Gasteiger partial charge in [-0.25, -0.2) is 4.39 Å². The smallest absolute Gasteiger partial charge is 0.125 e. The second kappa shape index (κ2) is 5.87. The summed E-state index contributed by atoms with van der Waals surface area (Å²) < 4.78 is 13.1. The molecule has 0 saturated carbocycles. The van der Waals surface area contributed by atoms with Crippen molar-refractivity contribution in [3.63, 3.8) is 0 Å². The van der Waals surface area contributed by atoms with E-state index in [0.29, 0.717) is 24.3 Å². The van der Waals surface area contributed by atoms with Crippen molar-refractivity contribution in [3.8, 4) is 6.07 Å². The SMILES string of the molecule is N#CCCN(c1ccccc1)c1ccc(F)cc1N. The molecule has 0 heterocycles. The molecule has 0 amide bonds. The van der Waals surface area contributed by atoms with Gasteiger partial charge in [-0.1, -0.05) is 18.2 Å². The molecule has 2 aromatic carbocycles. The normalized spacial score (nSPS) is 9.89. The Bertz CT molecular complexity index is 590. The fourth-order valence-electron chi connectivity index (χ4n) is 1.93. The summed E-state index contributed by atoms with van der Waals surface area (Å²) in [5.74, 6) is -0.366. The van der Waals surface area contributed by atoms with Crippen LogP contribution in [0, 0.1) is 17.1 Å². The van der Waals surface area contributed by atoms with Gasteiger partial charge in [0.2, 0.25) is 0 Å². The molecule has 19 heavy (non-hydrogen) atoms. The van der Waals surface area contributed by atoms with Crippen LogP contribution in [0.2, 0.25) is 0 Å². The highest BCUT2D eigenvalue weighted by molar-refractivity contribution is 5.74. The van der Waals surface area contributed by atoms with Gasteiger partial charge in [0.25, 0.3) is 0 Å². The van der Waals surface area contributed by atoms with Crippen molar-refractivity contribution in [2.45, 2.75) is 6.42 Å². The van der Waals surface area contributed by atoms with E-state index in [1.165, 1.54) is 12.1 Å². The van der Waals surface area contributed by atoms with Gasteiger partial charge in [-0.2, -0.15) is 5.26 Å². The number of para-hydroxylation sites is 1. The van der Waals surface area contributed by atoms with Gasteiger partial charge < -0.3 is 10.6 Å². The lowest BCUT2D eigenvalue weighted by Crippen LogP contribution is -2.19. The molecule has 2 N–H and O–H groups in total. The van der Waals surface area contributed by atoms with Crippen molar-refractivity contribution < 1.29 is 4.39 Å². The molecule has 0 atom stereocenters. The average molecular weight is 255 g/mol. The van der Waals surface area contributed by atoms with E-state index in [9.17, 15) is 4.39 Å². The molecular formula is C15H14FN3. The maximum atomic E-state index is 13.1. The number of benzene rings is 2. The van der Waals surface area contributed by atoms with E-state index < -0.39 is 0 Å². The lowest BCUT2D eigenvalue weighted by molar-refractivity contribution is 0.628. The van der Waals surface area contributed by atoms with Gasteiger partial charge in [0.05, 0.1) is 23.9 Å². The Kier molecular flexibility index (Phi) is 3.99. The van der Waals surface area contributed by atoms with Crippen LogP contribution in [-0.4, -0.2) is 6.54 Å². The Morgan fingerprint density at radius 2 is 1.89 bits per heavy atom. The molecule has 0 fully saturated rings. The number of hydrogen-bond donors (Lipinski definition) is 1. The molecule has 2 rings (SSSR count). The number of halogens is 1. The Hall–Kier alpha value is -2.54. The summed E-state index contributed by atoms with van der Waals surface area (Å²) in [7, 11) is 0. The third-order valence-electron chi connectivity index (χ3n) is 2.80. The van der Waals surface area contributed by atoms with Crippen molar-refractivity contribution in [1.82, 2.24) is 0 Å². The highest BCUT2D eigenvalue weighted by atomic mass is 19.1. The van der Waals surface area contributed by atoms with Crippen LogP contribution in [0.1, 0.15) is 6.42 Å². The van der Waals surface area contributed by atoms with Crippen LogP contribution in [0.15, 0.2) is 48.5 Å². The molecule has 4 heteroatoms. The summed E-state index contributed by atoms with van der Waals surface area (Å²) >= 11 is 0. The minimum Gasteiger partial charge on any atom is -0.397 e. The van der Waals surface area contributed by atoms with E-state index >= 15 is 0 Å². The Balaban J connectivity index is 2.40. The lowest BCUT2D eigenvalue weighted by Gasteiger charge is -2.25. The van der Waals surface area contributed by atoms with Gasteiger partial charge >= 0.3 is 0 Å². The molecule has 0 aliphatic rings. The second-order valence-corrected chi connectivity index (χ2v) is 4.10. The molecule has 2 aromatic rings. The Morgan fingerprint density at radius 1 is 1.16 bits per heavy atom. The highest BCUT2D eigenvalue weighted by Crippen LogP contribution is 2.30. The Morgan fingerprint density at radius 3 is 2.53 bits per heavy atom. The zero-order chi connectivity index (χ0) is 13.7. The summed E-state index contributed by atoms with van der Waals surface area (Å²) in [5.41, 5.74) is 7.87. The van der Waals surface area contributed by atoms with E-state index in [0.717, 1.165) is 5.69 Å². The van der Waals surface area contributed by atoms with E-state index in [2.05, 4.69) is 6.07 Å². The average Bonchev–Trinajstić information content (AvgIpc) is 2.42. The number of nitrogens with two attached hydrogens (primary N) is 1. The third kappa shape index (κ3) is 3.02. The minimum atomic E-state index is -0.366. The van der Waals surface area contributed by atoms with Crippen LogP contribution < -0.4 is 10.6 Å². The first-order valence-corrected chi connectivity index (χ1v) is 5.97. The molecule has 0 saturated heterocycles. The van der Waals surface area contributed by atoms with E-state index in [-0.39, 0.29) is 5.82 Å². The first kappa shape index (κ1) is 12.9. The van der Waals surface area contributed by atoms with E-state index in [1.807, 2.05) is 35.2 Å². The van der Waals surface area contributed by atoms with Crippen LogP contribution in [0.4, 0.5) is 21.5 Å². The van der Waals surface area contributed by atoms with Crippen LogP contribution in [0.5, 0.6) is 0 Å². The highest BCUT2D eigenvalue weighted by Gasteiger charge is 2.12. The van der Waals surface area contributed by atoms with Gasteiger partial charge in [-0.3, -0.25) is 0 Å². The standard InChI is InChI=1S/C15H14FN3/c16-12-7-8-15(14(18)11-12)19(10-4-9-17)13-5-2-1-3-6-13/h1-3,5-8,11H,4,10,18H2. The summed E-state index contributed by atoms with van der Waals surface area (Å²) in [6, 6.07) is 16.0. The summed E-state index contributed by atoms with van der Waals surface area (Å²) in [4.78, 5) is 1.91. The number of nitrogens with zero attached hydrogens (tertiary/aromatic N) is 2. The zero-order valence-electron chi connectivity index (χ0n) is 10.4. The van der Waals surface area contributed by atoms with E-state index in [1.54, 1.807) is 6.07 Å². The predicted molar refractivity (Wildman–Crippen MR) is 74.5 cm³/mol. The number of hydrogen-bond acceptors (Lipinski definition) is 3. The lowest BCUT2D eigenvalue weighted by atomic mass is 10.2. The van der Waals surface area contributed by atoms with Crippen LogP contribution >= 0.6 is 0 Å². The van der Waals surface area contributed by atoms with Gasteiger partial charge in [-0.05, 0) is 30.3 Å². The quantitative estimate of drug-likeness (QED) is 0.851. The molecule has 0 aliphatic heterocycles. The molecular weight excluding hydrogens is 241 g/mol. The summed E-state index contributed by atoms with van der Waals surface area (Å²) in [6.07, 6.45) is 0.367. The monoisotopic (exact) mass is 255 g/mol. The fourth-order valence-corrected chi connectivity index (χ4v) is 1.93. The van der Waals surface area contributed by atoms with Crippen LogP contribution in [0.3, 0.4) is 0 Å². The van der Waals surface area contributed by atoms with Crippen molar-refractivity contribution in [3.05, 3.63) is 54.3 Å². The zero-order valence-corrected chi connectivity index (χ0v) is 10.4. The first-order chi connectivity index (χ1) is 9.22. The molecule has 3 nitrogen and oxygen atoms in total. The minimum absolute atomic E-state index is 0.363. The molecule has 96 valence electrons. The maximum absolute atomic E-state index is 13.1. The molecule has 0 spiro atoms. The van der Waals surface area contributed by atoms with Crippen molar-refractivity contribution in [2.24, 2.45) is 0 Å². The summed E-state index contributed by atoms with van der Waals surface area (Å²) in [6.45, 7) is 0.510. The van der Waals surface area contributed by atoms with Gasteiger partial charge in [0, 0.05) is 12.2 Å². The van der Waals surface area contributed by atoms with Crippen molar-refractivity contribution in [1.29, 1.82) is 5.26 Å². The third-order valence-corrected chi connectivity index (χ3v) is 2.80. The van der Waals surface area contributed by atoms with Gasteiger partial charge in [0.15, 0.2) is 0 Å². The molecule has 0 bridgehead atoms. The van der Waals surface area contributed by atoms with Gasteiger partial charge in [-0.15, -0.1) is 0 Å². The van der Waals surface area contributed by atoms with Crippen LogP contribution in [0.25, 0.3) is 0 Å². The number of nitriles is 1. The van der Waals surface area contributed by atoms with E-state index in [4.69, 9.17) is 11.0 Å². The predicted octanol–water partition coefficient (Wildman–Crippen LogP) is 3.46. The molecule has 0 aliphatic carbocycles. The Labute approximate surface area is 111 Å². The second-order valence-electron chi connectivity index (χ2n) is 4.10. The number of rotatable bonds is 4. The largest absolute Gasteiger partial charge is 0.397 e. The molecule has 0 aromatic heterocycles. The fraction of sp³-hybridized carbons (Fsp3) is 0.133. The maximum Gasteiger partial charge on any atom is 0.125 e. The topological polar surface area (TPSA) is 53.0 Å².